The van der Waals surface area contributed by atoms with Crippen molar-refractivity contribution in [3.8, 4) is 17.1 Å². The number of benzene rings is 1. The number of nitrogens with zero attached hydrogens (tertiary/aromatic N) is 3. The molecule has 1 atom stereocenters. The van der Waals surface area contributed by atoms with Crippen LogP contribution in [0.3, 0.4) is 0 Å². The van der Waals surface area contributed by atoms with E-state index in [4.69, 9.17) is 9.47 Å². The Kier molecular flexibility index (Phi) is 5.18. The van der Waals surface area contributed by atoms with Crippen LogP contribution in [0.4, 0.5) is 23.5 Å². The zero-order valence-electron chi connectivity index (χ0n) is 15.0. The van der Waals surface area contributed by atoms with Crippen molar-refractivity contribution >= 4 is 17.0 Å². The SMILES string of the molecule is Fc1ccc(-c2ccc3nc(NCC(F)(F)F)nc(O[C@H]4CCOC4)c3n2)cc1. The van der Waals surface area contributed by atoms with Crippen LogP contribution in [-0.4, -0.2) is 47.0 Å². The number of alkyl halides is 3. The highest BCUT2D eigenvalue weighted by Gasteiger charge is 2.28. The predicted octanol–water partition coefficient (Wildman–Crippen LogP) is 3.97. The Morgan fingerprint density at radius 2 is 1.86 bits per heavy atom. The van der Waals surface area contributed by atoms with Crippen LogP contribution in [0.1, 0.15) is 6.42 Å². The maximum absolute atomic E-state index is 13.2. The lowest BCUT2D eigenvalue weighted by Gasteiger charge is -2.15. The van der Waals surface area contributed by atoms with Gasteiger partial charge in [-0.05, 0) is 36.4 Å². The first-order chi connectivity index (χ1) is 13.9. The van der Waals surface area contributed by atoms with Gasteiger partial charge in [0.15, 0.2) is 5.52 Å². The van der Waals surface area contributed by atoms with E-state index in [1.165, 1.54) is 12.1 Å². The topological polar surface area (TPSA) is 69.2 Å². The largest absolute Gasteiger partial charge is 0.470 e. The number of hydrogen-bond donors (Lipinski definition) is 1. The van der Waals surface area contributed by atoms with Crippen LogP contribution >= 0.6 is 0 Å². The van der Waals surface area contributed by atoms with Gasteiger partial charge >= 0.3 is 6.18 Å². The summed E-state index contributed by atoms with van der Waals surface area (Å²) in [6, 6.07) is 9.05. The van der Waals surface area contributed by atoms with Crippen LogP contribution in [0.15, 0.2) is 36.4 Å². The molecule has 0 aliphatic carbocycles. The summed E-state index contributed by atoms with van der Waals surface area (Å²) in [5.74, 6) is -0.511. The van der Waals surface area contributed by atoms with E-state index < -0.39 is 12.7 Å². The fraction of sp³-hybridized carbons (Fsp3) is 0.316. The lowest BCUT2D eigenvalue weighted by molar-refractivity contribution is -0.115. The van der Waals surface area contributed by atoms with E-state index in [0.29, 0.717) is 41.9 Å². The Morgan fingerprint density at radius 3 is 2.55 bits per heavy atom. The normalized spacial score (nSPS) is 16.9. The van der Waals surface area contributed by atoms with E-state index in [1.54, 1.807) is 24.3 Å². The second kappa shape index (κ2) is 7.78. The number of ether oxygens (including phenoxy) is 2. The Bertz CT molecular complexity index is 1010. The minimum absolute atomic E-state index is 0.0686. The zero-order chi connectivity index (χ0) is 20.4. The molecule has 0 amide bonds. The lowest BCUT2D eigenvalue weighted by atomic mass is 10.1. The van der Waals surface area contributed by atoms with Crippen LogP contribution in [0, 0.1) is 5.82 Å². The van der Waals surface area contributed by atoms with Crippen molar-refractivity contribution in [2.75, 3.05) is 25.1 Å². The van der Waals surface area contributed by atoms with Gasteiger partial charge in [0, 0.05) is 12.0 Å². The van der Waals surface area contributed by atoms with Crippen molar-refractivity contribution in [3.63, 3.8) is 0 Å². The number of aromatic nitrogens is 3. The molecular formula is C19H16F4N4O2. The Balaban J connectivity index is 1.73. The predicted molar refractivity (Wildman–Crippen MR) is 97.1 cm³/mol. The highest BCUT2D eigenvalue weighted by atomic mass is 19.4. The van der Waals surface area contributed by atoms with Gasteiger partial charge in [-0.2, -0.15) is 18.2 Å². The van der Waals surface area contributed by atoms with E-state index in [9.17, 15) is 17.6 Å². The maximum Gasteiger partial charge on any atom is 0.405 e. The van der Waals surface area contributed by atoms with E-state index in [0.717, 1.165) is 0 Å². The number of halogens is 4. The monoisotopic (exact) mass is 408 g/mol. The van der Waals surface area contributed by atoms with Crippen molar-refractivity contribution in [1.82, 2.24) is 15.0 Å². The van der Waals surface area contributed by atoms with Crippen LogP contribution < -0.4 is 10.1 Å². The Morgan fingerprint density at radius 1 is 1.07 bits per heavy atom. The van der Waals surface area contributed by atoms with Crippen molar-refractivity contribution in [2.45, 2.75) is 18.7 Å². The standard InChI is InChI=1S/C19H16F4N4O2/c20-12-3-1-11(2-4-12)14-5-6-15-16(25-14)17(29-13-7-8-28-9-13)27-18(26-15)24-10-19(21,22)23/h1-6,13H,7-10H2,(H,24,26,27)/t13-/m0/s1. The van der Waals surface area contributed by atoms with E-state index >= 15 is 0 Å². The van der Waals surface area contributed by atoms with Crippen molar-refractivity contribution < 1.29 is 27.0 Å². The molecule has 10 heteroatoms. The Hall–Kier alpha value is -3.01. The molecule has 3 aromatic rings. The molecule has 0 bridgehead atoms. The molecule has 6 nitrogen and oxygen atoms in total. The van der Waals surface area contributed by atoms with Gasteiger partial charge in [-0.3, -0.25) is 0 Å². The quantitative estimate of drug-likeness (QED) is 0.645. The zero-order valence-corrected chi connectivity index (χ0v) is 15.0. The molecule has 3 heterocycles. The minimum atomic E-state index is -4.41. The maximum atomic E-state index is 13.2. The van der Waals surface area contributed by atoms with Crippen molar-refractivity contribution in [2.24, 2.45) is 0 Å². The summed E-state index contributed by atoms with van der Waals surface area (Å²) in [6.07, 6.45) is -4.06. The molecule has 152 valence electrons. The fourth-order valence-electron chi connectivity index (χ4n) is 2.87. The van der Waals surface area contributed by atoms with Gasteiger partial charge < -0.3 is 14.8 Å². The van der Waals surface area contributed by atoms with Crippen LogP contribution in [0.5, 0.6) is 5.88 Å². The van der Waals surface area contributed by atoms with Crippen LogP contribution in [0.25, 0.3) is 22.3 Å². The second-order valence-electron chi connectivity index (χ2n) is 6.50. The van der Waals surface area contributed by atoms with Gasteiger partial charge in [0.05, 0.1) is 24.4 Å². The molecule has 0 spiro atoms. The molecule has 1 aromatic carbocycles. The number of nitrogens with one attached hydrogen (secondary N) is 1. The molecule has 1 N–H and O–H groups in total. The number of fused-ring (bicyclic) bond motifs is 1. The molecule has 0 radical (unpaired) electrons. The van der Waals surface area contributed by atoms with Gasteiger partial charge in [-0.25, -0.2) is 14.4 Å². The average molecular weight is 408 g/mol. The minimum Gasteiger partial charge on any atom is -0.470 e. The van der Waals surface area contributed by atoms with Crippen LogP contribution in [-0.2, 0) is 4.74 Å². The molecule has 2 aromatic heterocycles. The molecule has 1 aliphatic heterocycles. The van der Waals surface area contributed by atoms with E-state index in [1.807, 2.05) is 0 Å². The van der Waals surface area contributed by atoms with Gasteiger partial charge in [0.1, 0.15) is 18.5 Å². The molecule has 1 fully saturated rings. The summed E-state index contributed by atoms with van der Waals surface area (Å²) >= 11 is 0. The third kappa shape index (κ3) is 4.70. The van der Waals surface area contributed by atoms with Crippen molar-refractivity contribution in [3.05, 3.63) is 42.2 Å². The molecular weight excluding hydrogens is 392 g/mol. The fourth-order valence-corrected chi connectivity index (χ4v) is 2.87. The number of hydrogen-bond acceptors (Lipinski definition) is 6. The van der Waals surface area contributed by atoms with Gasteiger partial charge in [-0.1, -0.05) is 0 Å². The highest BCUT2D eigenvalue weighted by molar-refractivity contribution is 5.83. The average Bonchev–Trinajstić information content (AvgIpc) is 3.19. The van der Waals surface area contributed by atoms with E-state index in [-0.39, 0.29) is 23.7 Å². The third-order valence-corrected chi connectivity index (χ3v) is 4.26. The summed E-state index contributed by atoms with van der Waals surface area (Å²) in [4.78, 5) is 12.7. The van der Waals surface area contributed by atoms with Crippen molar-refractivity contribution in [1.29, 1.82) is 0 Å². The third-order valence-electron chi connectivity index (χ3n) is 4.26. The summed E-state index contributed by atoms with van der Waals surface area (Å²) in [5, 5.41) is 2.17. The second-order valence-corrected chi connectivity index (χ2v) is 6.50. The van der Waals surface area contributed by atoms with Gasteiger partial charge in [-0.15, -0.1) is 0 Å². The lowest BCUT2D eigenvalue weighted by Crippen LogP contribution is -2.23. The summed E-state index contributed by atoms with van der Waals surface area (Å²) in [6.45, 7) is -0.388. The summed E-state index contributed by atoms with van der Waals surface area (Å²) in [5.41, 5.74) is 1.83. The molecule has 0 saturated carbocycles. The molecule has 0 unspecified atom stereocenters. The smallest absolute Gasteiger partial charge is 0.405 e. The Labute approximate surface area is 162 Å². The van der Waals surface area contributed by atoms with E-state index in [2.05, 4.69) is 20.3 Å². The molecule has 1 saturated heterocycles. The highest BCUT2D eigenvalue weighted by Crippen LogP contribution is 2.28. The number of rotatable bonds is 5. The van der Waals surface area contributed by atoms with Crippen LogP contribution in [0.2, 0.25) is 0 Å². The number of anilines is 1. The van der Waals surface area contributed by atoms with Gasteiger partial charge in [0.2, 0.25) is 11.8 Å². The molecule has 29 heavy (non-hydrogen) atoms. The summed E-state index contributed by atoms with van der Waals surface area (Å²) < 4.78 is 62.0. The van der Waals surface area contributed by atoms with Gasteiger partial charge in [0.25, 0.3) is 0 Å². The first kappa shape index (κ1) is 19.3. The first-order valence-electron chi connectivity index (χ1n) is 8.87. The molecule has 4 rings (SSSR count). The summed E-state index contributed by atoms with van der Waals surface area (Å²) in [7, 11) is 0. The first-order valence-corrected chi connectivity index (χ1v) is 8.87. The number of pyridine rings is 1. The molecule has 1 aliphatic rings.